The van der Waals surface area contributed by atoms with Crippen molar-refractivity contribution in [3.8, 4) is 5.69 Å². The van der Waals surface area contributed by atoms with Crippen LogP contribution in [0.15, 0.2) is 36.8 Å². The Morgan fingerprint density at radius 3 is 2.70 bits per heavy atom. The Bertz CT molecular complexity index is 763. The number of hydrogen-bond donors (Lipinski definition) is 1. The van der Waals surface area contributed by atoms with E-state index in [0.29, 0.717) is 17.3 Å². The van der Waals surface area contributed by atoms with Crippen molar-refractivity contribution in [2.45, 2.75) is 25.3 Å². The summed E-state index contributed by atoms with van der Waals surface area (Å²) >= 11 is 0. The molecule has 1 atom stereocenters. The van der Waals surface area contributed by atoms with Crippen molar-refractivity contribution < 1.29 is 13.9 Å². The summed E-state index contributed by atoms with van der Waals surface area (Å²) in [5.41, 5.74) is 1.18. The van der Waals surface area contributed by atoms with Crippen molar-refractivity contribution in [3.63, 3.8) is 0 Å². The molecule has 2 aromatic rings. The molecule has 0 unspecified atom stereocenters. The van der Waals surface area contributed by atoms with E-state index < -0.39 is 0 Å². The number of aromatic nitrogens is 2. The van der Waals surface area contributed by atoms with Gasteiger partial charge < -0.3 is 15.0 Å². The molecule has 0 radical (unpaired) electrons. The van der Waals surface area contributed by atoms with Crippen LogP contribution in [0.25, 0.3) is 5.69 Å². The topological polar surface area (TPSA) is 59.4 Å². The Hall–Kier alpha value is -2.25. The molecule has 1 amide bonds. The summed E-state index contributed by atoms with van der Waals surface area (Å²) in [6, 6.07) is 6.20. The van der Waals surface area contributed by atoms with Gasteiger partial charge in [-0.3, -0.25) is 9.36 Å². The van der Waals surface area contributed by atoms with Crippen molar-refractivity contribution in [2.75, 3.05) is 32.8 Å². The first-order chi connectivity index (χ1) is 13.2. The van der Waals surface area contributed by atoms with Crippen molar-refractivity contribution in [3.05, 3.63) is 48.3 Å². The van der Waals surface area contributed by atoms with E-state index in [1.807, 2.05) is 0 Å². The zero-order valence-electron chi connectivity index (χ0n) is 15.3. The van der Waals surface area contributed by atoms with Crippen molar-refractivity contribution in [1.29, 1.82) is 0 Å². The van der Waals surface area contributed by atoms with Gasteiger partial charge in [0.2, 0.25) is 0 Å². The Labute approximate surface area is 158 Å². The number of amides is 1. The van der Waals surface area contributed by atoms with E-state index in [1.165, 1.54) is 12.1 Å². The first-order valence-electron chi connectivity index (χ1n) is 9.58. The average Bonchev–Trinajstić information content (AvgIpc) is 3.36. The smallest absolute Gasteiger partial charge is 0.270 e. The minimum absolute atomic E-state index is 0.139. The second-order valence-electron chi connectivity index (χ2n) is 7.40. The molecule has 27 heavy (non-hydrogen) atoms. The summed E-state index contributed by atoms with van der Waals surface area (Å²) in [5, 5.41) is 3.13. The maximum Gasteiger partial charge on any atom is 0.270 e. The Morgan fingerprint density at radius 2 is 2.00 bits per heavy atom. The third-order valence-electron chi connectivity index (χ3n) is 5.44. The summed E-state index contributed by atoms with van der Waals surface area (Å²) in [6.45, 7) is 4.86. The second kappa shape index (κ2) is 8.19. The normalized spacial score (nSPS) is 21.4. The van der Waals surface area contributed by atoms with E-state index in [0.717, 1.165) is 52.1 Å². The first-order valence-corrected chi connectivity index (χ1v) is 9.58. The van der Waals surface area contributed by atoms with Crippen LogP contribution in [-0.4, -0.2) is 59.2 Å². The molecular formula is C20H25FN4O2. The quantitative estimate of drug-likeness (QED) is 0.875. The summed E-state index contributed by atoms with van der Waals surface area (Å²) in [4.78, 5) is 19.3. The maximum atomic E-state index is 13.1. The number of benzene rings is 1. The largest absolute Gasteiger partial charge is 0.381 e. The Morgan fingerprint density at radius 1 is 1.22 bits per heavy atom. The van der Waals surface area contributed by atoms with Gasteiger partial charge in [-0.1, -0.05) is 0 Å². The van der Waals surface area contributed by atoms with Gasteiger partial charge in [-0.2, -0.15) is 0 Å². The van der Waals surface area contributed by atoms with Crippen molar-refractivity contribution >= 4 is 5.91 Å². The second-order valence-corrected chi connectivity index (χ2v) is 7.40. The lowest BCUT2D eigenvalue weighted by Gasteiger charge is -2.33. The highest BCUT2D eigenvalue weighted by molar-refractivity contribution is 5.93. The minimum Gasteiger partial charge on any atom is -0.381 e. The van der Waals surface area contributed by atoms with Gasteiger partial charge >= 0.3 is 0 Å². The number of imidazole rings is 1. The van der Waals surface area contributed by atoms with E-state index in [-0.39, 0.29) is 17.8 Å². The SMILES string of the molecule is O=C(NC1CCN(C[C@@H]2CCOC2)CC1)c1cncn1-c1ccc(F)cc1. The highest BCUT2D eigenvalue weighted by Crippen LogP contribution is 2.18. The van der Waals surface area contributed by atoms with Crippen LogP contribution in [0.1, 0.15) is 29.8 Å². The van der Waals surface area contributed by atoms with Crippen molar-refractivity contribution in [1.82, 2.24) is 19.8 Å². The van der Waals surface area contributed by atoms with Crippen LogP contribution < -0.4 is 5.32 Å². The van der Waals surface area contributed by atoms with Gasteiger partial charge in [-0.15, -0.1) is 0 Å². The van der Waals surface area contributed by atoms with Crippen LogP contribution in [0.4, 0.5) is 4.39 Å². The van der Waals surface area contributed by atoms with Crippen LogP contribution in [0.2, 0.25) is 0 Å². The van der Waals surface area contributed by atoms with Gasteiger partial charge in [0.15, 0.2) is 0 Å². The van der Waals surface area contributed by atoms with Gasteiger partial charge in [-0.05, 0) is 49.4 Å². The third kappa shape index (κ3) is 4.36. The fourth-order valence-corrected chi connectivity index (χ4v) is 3.88. The van der Waals surface area contributed by atoms with Gasteiger partial charge in [0.05, 0.1) is 19.1 Å². The van der Waals surface area contributed by atoms with E-state index in [4.69, 9.17) is 4.74 Å². The fourth-order valence-electron chi connectivity index (χ4n) is 3.88. The molecule has 7 heteroatoms. The molecule has 0 aliphatic carbocycles. The van der Waals surface area contributed by atoms with E-state index in [2.05, 4.69) is 15.2 Å². The van der Waals surface area contributed by atoms with Crippen LogP contribution in [0, 0.1) is 11.7 Å². The van der Waals surface area contributed by atoms with Crippen LogP contribution in [0.3, 0.4) is 0 Å². The number of rotatable bonds is 5. The predicted octanol–water partition coefficient (Wildman–Crippen LogP) is 2.24. The molecule has 0 saturated carbocycles. The number of carbonyl (C=O) groups is 1. The molecule has 2 saturated heterocycles. The summed E-state index contributed by atoms with van der Waals surface area (Å²) in [6.07, 6.45) is 6.18. The van der Waals surface area contributed by atoms with Gasteiger partial charge in [0.25, 0.3) is 5.91 Å². The molecule has 4 rings (SSSR count). The van der Waals surface area contributed by atoms with E-state index >= 15 is 0 Å². The van der Waals surface area contributed by atoms with Gasteiger partial charge in [0.1, 0.15) is 11.5 Å². The average molecular weight is 372 g/mol. The molecule has 2 fully saturated rings. The number of piperidine rings is 1. The molecule has 6 nitrogen and oxygen atoms in total. The van der Waals surface area contributed by atoms with Crippen LogP contribution >= 0.6 is 0 Å². The van der Waals surface area contributed by atoms with Gasteiger partial charge in [0, 0.05) is 38.0 Å². The highest BCUT2D eigenvalue weighted by atomic mass is 19.1. The number of likely N-dealkylation sites (tertiary alicyclic amines) is 1. The molecule has 3 heterocycles. The maximum absolute atomic E-state index is 13.1. The Kier molecular flexibility index (Phi) is 5.50. The Balaban J connectivity index is 1.32. The molecule has 0 spiro atoms. The summed E-state index contributed by atoms with van der Waals surface area (Å²) < 4.78 is 20.3. The fraction of sp³-hybridized carbons (Fsp3) is 0.500. The van der Waals surface area contributed by atoms with Gasteiger partial charge in [-0.25, -0.2) is 9.37 Å². The van der Waals surface area contributed by atoms with E-state index in [9.17, 15) is 9.18 Å². The number of ether oxygens (including phenoxy) is 1. The predicted molar refractivity (Wildman–Crippen MR) is 99.4 cm³/mol. The molecule has 2 aliphatic heterocycles. The molecule has 144 valence electrons. The highest BCUT2D eigenvalue weighted by Gasteiger charge is 2.25. The molecule has 1 N–H and O–H groups in total. The van der Waals surface area contributed by atoms with Crippen LogP contribution in [0.5, 0.6) is 0 Å². The lowest BCUT2D eigenvalue weighted by atomic mass is 10.0. The summed E-state index contributed by atoms with van der Waals surface area (Å²) in [5.74, 6) is 0.210. The molecule has 2 aliphatic rings. The molecule has 1 aromatic heterocycles. The van der Waals surface area contributed by atoms with Crippen molar-refractivity contribution in [2.24, 2.45) is 5.92 Å². The lowest BCUT2D eigenvalue weighted by molar-refractivity contribution is 0.0896. The molecule has 0 bridgehead atoms. The monoisotopic (exact) mass is 372 g/mol. The standard InChI is InChI=1S/C20H25FN4O2/c21-16-1-3-18(4-2-16)25-14-22-11-19(25)20(26)23-17-5-8-24(9-6-17)12-15-7-10-27-13-15/h1-4,11,14-15,17H,5-10,12-13H2,(H,23,26)/t15-/m0/s1. The first kappa shape index (κ1) is 18.1. The number of hydrogen-bond acceptors (Lipinski definition) is 4. The number of nitrogens with zero attached hydrogens (tertiary/aromatic N) is 3. The van der Waals surface area contributed by atoms with E-state index in [1.54, 1.807) is 29.2 Å². The zero-order valence-corrected chi connectivity index (χ0v) is 15.3. The third-order valence-corrected chi connectivity index (χ3v) is 5.44. The summed E-state index contributed by atoms with van der Waals surface area (Å²) in [7, 11) is 0. The molecular weight excluding hydrogens is 347 g/mol. The molecule has 1 aromatic carbocycles. The lowest BCUT2D eigenvalue weighted by Crippen LogP contribution is -2.46. The number of carbonyl (C=O) groups excluding carboxylic acids is 1. The minimum atomic E-state index is -0.305. The zero-order chi connectivity index (χ0) is 18.6. The number of halogens is 1. The van der Waals surface area contributed by atoms with Crippen LogP contribution in [-0.2, 0) is 4.74 Å². The number of nitrogens with one attached hydrogen (secondary N) is 1.